The van der Waals surface area contributed by atoms with Crippen LogP contribution in [0.3, 0.4) is 0 Å². The van der Waals surface area contributed by atoms with Crippen molar-refractivity contribution in [3.05, 3.63) is 36.0 Å². The van der Waals surface area contributed by atoms with Gasteiger partial charge in [0.2, 0.25) is 11.8 Å². The molecule has 0 bridgehead atoms. The van der Waals surface area contributed by atoms with Gasteiger partial charge >= 0.3 is 0 Å². The van der Waals surface area contributed by atoms with Crippen LogP contribution in [0.5, 0.6) is 5.75 Å². The average molecular weight is 316 g/mol. The zero-order chi connectivity index (χ0) is 16.2. The zero-order valence-corrected chi connectivity index (χ0v) is 14.0. The second kappa shape index (κ2) is 7.00. The minimum absolute atomic E-state index is 0.159. The molecule has 0 unspecified atom stereocenters. The molecule has 1 fully saturated rings. The molecular formula is C17H24N4O2. The van der Waals surface area contributed by atoms with Crippen LogP contribution in [0.25, 0.3) is 0 Å². The monoisotopic (exact) mass is 316 g/mol. The Bertz CT molecular complexity index is 626. The molecule has 1 atom stereocenters. The summed E-state index contributed by atoms with van der Waals surface area (Å²) in [6, 6.07) is 8.44. The number of aromatic nitrogens is 2. The van der Waals surface area contributed by atoms with Crippen molar-refractivity contribution >= 4 is 5.69 Å². The molecule has 0 aliphatic carbocycles. The van der Waals surface area contributed by atoms with Crippen LogP contribution < -0.4 is 9.64 Å². The van der Waals surface area contributed by atoms with E-state index in [1.165, 1.54) is 5.69 Å². The number of anilines is 1. The molecule has 0 N–H and O–H groups in total. The highest BCUT2D eigenvalue weighted by molar-refractivity contribution is 5.49. The average Bonchev–Trinajstić information content (AvgIpc) is 2.87. The molecule has 1 aliphatic rings. The minimum Gasteiger partial charge on any atom is -0.497 e. The maximum absolute atomic E-state index is 5.58. The van der Waals surface area contributed by atoms with Crippen LogP contribution in [0.4, 0.5) is 5.69 Å². The number of ether oxygens (including phenoxy) is 1. The number of methoxy groups -OCH3 is 1. The first kappa shape index (κ1) is 15.8. The lowest BCUT2D eigenvalue weighted by Gasteiger charge is -2.26. The van der Waals surface area contributed by atoms with Gasteiger partial charge in [0.05, 0.1) is 13.2 Å². The van der Waals surface area contributed by atoms with Gasteiger partial charge in [-0.1, -0.05) is 0 Å². The zero-order valence-electron chi connectivity index (χ0n) is 14.0. The normalized spacial score (nSPS) is 17.8. The number of nitrogens with zero attached hydrogens (tertiary/aromatic N) is 4. The lowest BCUT2D eigenvalue weighted by molar-refractivity contribution is 0.194. The van der Waals surface area contributed by atoms with Crippen molar-refractivity contribution < 1.29 is 9.15 Å². The van der Waals surface area contributed by atoms with Gasteiger partial charge in [-0.05, 0) is 37.6 Å². The van der Waals surface area contributed by atoms with E-state index in [0.717, 1.165) is 38.3 Å². The summed E-state index contributed by atoms with van der Waals surface area (Å²) in [7, 11) is 1.69. The maximum atomic E-state index is 5.58. The molecule has 1 saturated heterocycles. The highest BCUT2D eigenvalue weighted by atomic mass is 16.5. The van der Waals surface area contributed by atoms with Crippen molar-refractivity contribution in [3.63, 3.8) is 0 Å². The van der Waals surface area contributed by atoms with E-state index in [1.807, 2.05) is 19.1 Å². The fraction of sp³-hybridized carbons (Fsp3) is 0.529. The first-order chi connectivity index (χ1) is 11.2. The second-order valence-corrected chi connectivity index (χ2v) is 5.91. The minimum atomic E-state index is 0.159. The Kier molecular flexibility index (Phi) is 4.81. The molecule has 124 valence electrons. The van der Waals surface area contributed by atoms with Crippen LogP contribution in [0, 0.1) is 6.92 Å². The van der Waals surface area contributed by atoms with Crippen molar-refractivity contribution in [2.24, 2.45) is 0 Å². The Balaban J connectivity index is 1.64. The van der Waals surface area contributed by atoms with Gasteiger partial charge < -0.3 is 14.1 Å². The summed E-state index contributed by atoms with van der Waals surface area (Å²) in [5.41, 5.74) is 1.24. The van der Waals surface area contributed by atoms with E-state index in [4.69, 9.17) is 9.15 Å². The smallest absolute Gasteiger partial charge is 0.233 e. The number of benzene rings is 1. The summed E-state index contributed by atoms with van der Waals surface area (Å²) in [6.07, 6.45) is 1.11. The summed E-state index contributed by atoms with van der Waals surface area (Å²) in [4.78, 5) is 4.84. The van der Waals surface area contributed by atoms with Crippen molar-refractivity contribution in [1.82, 2.24) is 15.1 Å². The van der Waals surface area contributed by atoms with Gasteiger partial charge in [-0.2, -0.15) is 0 Å². The molecule has 0 radical (unpaired) electrons. The van der Waals surface area contributed by atoms with Gasteiger partial charge in [-0.15, -0.1) is 10.2 Å². The van der Waals surface area contributed by atoms with Crippen LogP contribution in [0.1, 0.15) is 31.2 Å². The van der Waals surface area contributed by atoms with Gasteiger partial charge in [0.1, 0.15) is 5.75 Å². The Morgan fingerprint density at radius 3 is 2.52 bits per heavy atom. The molecule has 0 amide bonds. The van der Waals surface area contributed by atoms with E-state index in [-0.39, 0.29) is 6.04 Å². The highest BCUT2D eigenvalue weighted by Crippen LogP contribution is 2.24. The van der Waals surface area contributed by atoms with Crippen molar-refractivity contribution in [2.45, 2.75) is 26.3 Å². The molecule has 2 aromatic rings. The Labute approximate surface area is 137 Å². The van der Waals surface area contributed by atoms with E-state index >= 15 is 0 Å². The predicted molar refractivity (Wildman–Crippen MR) is 88.8 cm³/mol. The third-order valence-corrected chi connectivity index (χ3v) is 4.41. The van der Waals surface area contributed by atoms with Gasteiger partial charge in [-0.25, -0.2) is 0 Å². The van der Waals surface area contributed by atoms with Crippen molar-refractivity contribution in [2.75, 3.05) is 38.2 Å². The summed E-state index contributed by atoms with van der Waals surface area (Å²) in [6.45, 7) is 8.03. The first-order valence-corrected chi connectivity index (χ1v) is 8.10. The molecule has 6 nitrogen and oxygen atoms in total. The Morgan fingerprint density at radius 2 is 1.87 bits per heavy atom. The Morgan fingerprint density at radius 1 is 1.09 bits per heavy atom. The molecule has 2 heterocycles. The van der Waals surface area contributed by atoms with E-state index in [9.17, 15) is 0 Å². The maximum Gasteiger partial charge on any atom is 0.233 e. The highest BCUT2D eigenvalue weighted by Gasteiger charge is 2.23. The second-order valence-electron chi connectivity index (χ2n) is 5.91. The fourth-order valence-electron chi connectivity index (χ4n) is 3.01. The molecule has 3 rings (SSSR count). The molecule has 0 saturated carbocycles. The van der Waals surface area contributed by atoms with Crippen LogP contribution in [0.15, 0.2) is 28.7 Å². The van der Waals surface area contributed by atoms with E-state index in [1.54, 1.807) is 7.11 Å². The van der Waals surface area contributed by atoms with Crippen LogP contribution in [-0.4, -0.2) is 48.4 Å². The number of aryl methyl sites for hydroxylation is 1. The van der Waals surface area contributed by atoms with E-state index < -0.39 is 0 Å². The lowest BCUT2D eigenvalue weighted by Crippen LogP contribution is -2.32. The topological polar surface area (TPSA) is 54.6 Å². The number of hydrogen-bond acceptors (Lipinski definition) is 6. The standard InChI is InChI=1S/C17H24N4O2/c1-13(17-19-18-14(2)23-17)20-9-4-10-21(12-11-20)15-5-7-16(22-3)8-6-15/h5-8,13H,4,9-12H2,1-3H3/t13-/m0/s1. The molecule has 23 heavy (non-hydrogen) atoms. The third-order valence-electron chi connectivity index (χ3n) is 4.41. The molecule has 1 aromatic heterocycles. The molecule has 0 spiro atoms. The number of rotatable bonds is 4. The van der Waals surface area contributed by atoms with Gasteiger partial charge in [0, 0.05) is 38.8 Å². The third kappa shape index (κ3) is 3.64. The molecular weight excluding hydrogens is 292 g/mol. The van der Waals surface area contributed by atoms with Crippen LogP contribution in [0.2, 0.25) is 0 Å². The summed E-state index contributed by atoms with van der Waals surface area (Å²) in [5, 5.41) is 8.10. The molecule has 1 aromatic carbocycles. The SMILES string of the molecule is COc1ccc(N2CCCN([C@@H](C)c3nnc(C)o3)CC2)cc1. The van der Waals surface area contributed by atoms with Crippen molar-refractivity contribution in [1.29, 1.82) is 0 Å². The fourth-order valence-corrected chi connectivity index (χ4v) is 3.01. The molecule has 6 heteroatoms. The number of hydrogen-bond donors (Lipinski definition) is 0. The Hall–Kier alpha value is -2.08. The van der Waals surface area contributed by atoms with Crippen molar-refractivity contribution in [3.8, 4) is 5.75 Å². The van der Waals surface area contributed by atoms with Crippen LogP contribution in [-0.2, 0) is 0 Å². The first-order valence-electron chi connectivity index (χ1n) is 8.10. The van der Waals surface area contributed by atoms with E-state index in [0.29, 0.717) is 11.8 Å². The quantitative estimate of drug-likeness (QED) is 0.864. The summed E-state index contributed by atoms with van der Waals surface area (Å²) >= 11 is 0. The van der Waals surface area contributed by atoms with Gasteiger partial charge in [0.25, 0.3) is 0 Å². The summed E-state index contributed by atoms with van der Waals surface area (Å²) < 4.78 is 10.8. The van der Waals surface area contributed by atoms with Crippen LogP contribution >= 0.6 is 0 Å². The van der Waals surface area contributed by atoms with Gasteiger partial charge in [-0.3, -0.25) is 4.90 Å². The molecule has 1 aliphatic heterocycles. The lowest BCUT2D eigenvalue weighted by atomic mass is 10.2. The predicted octanol–water partition coefficient (Wildman–Crippen LogP) is 2.66. The van der Waals surface area contributed by atoms with Gasteiger partial charge in [0.15, 0.2) is 0 Å². The summed E-state index contributed by atoms with van der Waals surface area (Å²) in [5.74, 6) is 2.23. The largest absolute Gasteiger partial charge is 0.497 e. The van der Waals surface area contributed by atoms with E-state index in [2.05, 4.69) is 39.1 Å².